The van der Waals surface area contributed by atoms with Crippen LogP contribution in [0.25, 0.3) is 0 Å². The predicted octanol–water partition coefficient (Wildman–Crippen LogP) is 2.73. The van der Waals surface area contributed by atoms with Crippen molar-refractivity contribution in [2.75, 3.05) is 19.6 Å². The Kier molecular flexibility index (Phi) is 5.57. The molecule has 0 bridgehead atoms. The second-order valence-corrected chi connectivity index (χ2v) is 5.67. The molecule has 2 nitrogen and oxygen atoms in total. The van der Waals surface area contributed by atoms with E-state index in [2.05, 4.69) is 44.5 Å². The summed E-state index contributed by atoms with van der Waals surface area (Å²) in [6.07, 6.45) is 0. The molecule has 1 fully saturated rings. The van der Waals surface area contributed by atoms with Gasteiger partial charge in [-0.3, -0.25) is 4.90 Å². The minimum Gasteiger partial charge on any atom is -0.314 e. The van der Waals surface area contributed by atoms with E-state index in [4.69, 9.17) is 0 Å². The fourth-order valence-corrected chi connectivity index (χ4v) is 3.23. The number of halogens is 2. The summed E-state index contributed by atoms with van der Waals surface area (Å²) in [6.45, 7) is 6.79. The Labute approximate surface area is 110 Å². The Hall–Kier alpha value is 0.390. The monoisotopic (exact) mass is 310 g/mol. The van der Waals surface area contributed by atoms with E-state index in [0.717, 1.165) is 26.2 Å². The van der Waals surface area contributed by atoms with E-state index in [-0.39, 0.29) is 12.4 Å². The first-order chi connectivity index (χ1) is 6.75. The Bertz CT molecular complexity index is 305. The van der Waals surface area contributed by atoms with Gasteiger partial charge in [0.25, 0.3) is 0 Å². The molecule has 0 spiro atoms. The average Bonchev–Trinajstić information content (AvgIpc) is 2.56. The van der Waals surface area contributed by atoms with Gasteiger partial charge in [-0.15, -0.1) is 23.7 Å². The summed E-state index contributed by atoms with van der Waals surface area (Å²) in [6, 6.07) is 2.88. The molecule has 1 aromatic heterocycles. The lowest BCUT2D eigenvalue weighted by molar-refractivity contribution is 0.167. The normalized spacial score (nSPS) is 22.4. The summed E-state index contributed by atoms with van der Waals surface area (Å²) in [5, 5.41) is 5.56. The molecule has 15 heavy (non-hydrogen) atoms. The molecule has 2 heterocycles. The van der Waals surface area contributed by atoms with E-state index < -0.39 is 0 Å². The van der Waals surface area contributed by atoms with Crippen LogP contribution < -0.4 is 5.32 Å². The maximum absolute atomic E-state index is 3.49. The third kappa shape index (κ3) is 3.71. The van der Waals surface area contributed by atoms with Crippen LogP contribution >= 0.6 is 39.7 Å². The van der Waals surface area contributed by atoms with Crippen LogP contribution in [-0.4, -0.2) is 30.6 Å². The van der Waals surface area contributed by atoms with Crippen molar-refractivity contribution in [3.8, 4) is 0 Å². The lowest BCUT2D eigenvalue weighted by atomic mass is 10.2. The summed E-state index contributed by atoms with van der Waals surface area (Å²) < 4.78 is 1.21. The van der Waals surface area contributed by atoms with Gasteiger partial charge in [0.15, 0.2) is 0 Å². The molecular formula is C10H16BrClN2S. The SMILES string of the molecule is CC1CNCCN1Cc1cc(Br)cs1.Cl. The zero-order valence-corrected chi connectivity index (χ0v) is 11.9. The predicted molar refractivity (Wildman–Crippen MR) is 72.0 cm³/mol. The zero-order valence-electron chi connectivity index (χ0n) is 8.70. The van der Waals surface area contributed by atoms with Gasteiger partial charge >= 0.3 is 0 Å². The van der Waals surface area contributed by atoms with Crippen molar-refractivity contribution in [3.63, 3.8) is 0 Å². The number of nitrogens with one attached hydrogen (secondary N) is 1. The molecule has 0 aromatic carbocycles. The molecule has 0 aliphatic carbocycles. The van der Waals surface area contributed by atoms with E-state index in [0.29, 0.717) is 6.04 Å². The molecule has 1 saturated heterocycles. The van der Waals surface area contributed by atoms with Gasteiger partial charge in [0.05, 0.1) is 0 Å². The molecule has 0 saturated carbocycles. The number of thiophene rings is 1. The summed E-state index contributed by atoms with van der Waals surface area (Å²) in [5.41, 5.74) is 0. The van der Waals surface area contributed by atoms with Crippen LogP contribution in [0.3, 0.4) is 0 Å². The highest BCUT2D eigenvalue weighted by Crippen LogP contribution is 2.22. The van der Waals surface area contributed by atoms with Crippen LogP contribution in [0.1, 0.15) is 11.8 Å². The molecule has 5 heteroatoms. The summed E-state index contributed by atoms with van der Waals surface area (Å²) >= 11 is 5.33. The molecule has 2 rings (SSSR count). The second kappa shape index (κ2) is 6.21. The highest BCUT2D eigenvalue weighted by Gasteiger charge is 2.18. The standard InChI is InChI=1S/C10H15BrN2S.ClH/c1-8-5-12-2-3-13(8)6-10-4-9(11)7-14-10;/h4,7-8,12H,2-3,5-6H2,1H3;1H. The van der Waals surface area contributed by atoms with Crippen molar-refractivity contribution in [1.82, 2.24) is 10.2 Å². The van der Waals surface area contributed by atoms with E-state index in [1.54, 1.807) is 0 Å². The fourth-order valence-electron chi connectivity index (χ4n) is 1.75. The minimum absolute atomic E-state index is 0. The summed E-state index contributed by atoms with van der Waals surface area (Å²) in [7, 11) is 0. The highest BCUT2D eigenvalue weighted by molar-refractivity contribution is 9.10. The number of rotatable bonds is 2. The quantitative estimate of drug-likeness (QED) is 0.903. The Morgan fingerprint density at radius 3 is 3.07 bits per heavy atom. The van der Waals surface area contributed by atoms with Gasteiger partial charge in [-0.25, -0.2) is 0 Å². The topological polar surface area (TPSA) is 15.3 Å². The van der Waals surface area contributed by atoms with E-state index in [9.17, 15) is 0 Å². The first-order valence-corrected chi connectivity index (χ1v) is 6.60. The van der Waals surface area contributed by atoms with Gasteiger partial charge in [0.2, 0.25) is 0 Å². The van der Waals surface area contributed by atoms with Crippen LogP contribution in [0.15, 0.2) is 15.9 Å². The van der Waals surface area contributed by atoms with Crippen molar-refractivity contribution >= 4 is 39.7 Å². The first-order valence-electron chi connectivity index (χ1n) is 4.93. The largest absolute Gasteiger partial charge is 0.314 e. The van der Waals surface area contributed by atoms with E-state index in [1.165, 1.54) is 9.35 Å². The van der Waals surface area contributed by atoms with Crippen LogP contribution in [0, 0.1) is 0 Å². The van der Waals surface area contributed by atoms with Gasteiger partial charge in [-0.05, 0) is 28.9 Å². The third-order valence-electron chi connectivity index (χ3n) is 2.62. The fraction of sp³-hybridized carbons (Fsp3) is 0.600. The summed E-state index contributed by atoms with van der Waals surface area (Å²) in [4.78, 5) is 3.99. The highest BCUT2D eigenvalue weighted by atomic mass is 79.9. The van der Waals surface area contributed by atoms with Gasteiger partial charge in [-0.1, -0.05) is 0 Å². The molecule has 1 aliphatic rings. The third-order valence-corrected chi connectivity index (χ3v) is 4.30. The Morgan fingerprint density at radius 2 is 2.47 bits per heavy atom. The summed E-state index contributed by atoms with van der Waals surface area (Å²) in [5.74, 6) is 0. The number of hydrogen-bond donors (Lipinski definition) is 1. The Balaban J connectivity index is 0.00000112. The maximum Gasteiger partial charge on any atom is 0.0332 e. The average molecular weight is 312 g/mol. The Morgan fingerprint density at radius 1 is 1.67 bits per heavy atom. The van der Waals surface area contributed by atoms with Crippen molar-refractivity contribution in [1.29, 1.82) is 0 Å². The maximum atomic E-state index is 3.49. The number of hydrogen-bond acceptors (Lipinski definition) is 3. The second-order valence-electron chi connectivity index (χ2n) is 3.75. The molecule has 1 atom stereocenters. The number of piperazine rings is 1. The molecule has 86 valence electrons. The lowest BCUT2D eigenvalue weighted by Crippen LogP contribution is -2.49. The van der Waals surface area contributed by atoms with E-state index in [1.807, 2.05) is 11.3 Å². The van der Waals surface area contributed by atoms with Crippen molar-refractivity contribution in [3.05, 3.63) is 20.8 Å². The number of nitrogens with zero attached hydrogens (tertiary/aromatic N) is 1. The molecule has 1 N–H and O–H groups in total. The molecule has 1 unspecified atom stereocenters. The molecule has 0 radical (unpaired) electrons. The lowest BCUT2D eigenvalue weighted by Gasteiger charge is -2.33. The van der Waals surface area contributed by atoms with Gasteiger partial charge in [0, 0.05) is 47.0 Å². The van der Waals surface area contributed by atoms with E-state index >= 15 is 0 Å². The van der Waals surface area contributed by atoms with Gasteiger partial charge in [-0.2, -0.15) is 0 Å². The minimum atomic E-state index is 0. The van der Waals surface area contributed by atoms with Gasteiger partial charge in [0.1, 0.15) is 0 Å². The van der Waals surface area contributed by atoms with Crippen LogP contribution in [0.2, 0.25) is 0 Å². The molecular weight excluding hydrogens is 296 g/mol. The van der Waals surface area contributed by atoms with Crippen molar-refractivity contribution in [2.45, 2.75) is 19.5 Å². The van der Waals surface area contributed by atoms with Crippen molar-refractivity contribution in [2.24, 2.45) is 0 Å². The van der Waals surface area contributed by atoms with Crippen LogP contribution in [0.4, 0.5) is 0 Å². The first kappa shape index (κ1) is 13.5. The zero-order chi connectivity index (χ0) is 9.97. The van der Waals surface area contributed by atoms with Crippen molar-refractivity contribution < 1.29 is 0 Å². The molecule has 1 aromatic rings. The van der Waals surface area contributed by atoms with Crippen LogP contribution in [-0.2, 0) is 6.54 Å². The molecule has 0 amide bonds. The van der Waals surface area contributed by atoms with Gasteiger partial charge < -0.3 is 5.32 Å². The smallest absolute Gasteiger partial charge is 0.0332 e. The molecule has 1 aliphatic heterocycles. The van der Waals surface area contributed by atoms with Crippen LogP contribution in [0.5, 0.6) is 0 Å².